The van der Waals surface area contributed by atoms with E-state index in [2.05, 4.69) is 22.6 Å². The highest BCUT2D eigenvalue weighted by Crippen LogP contribution is 2.30. The van der Waals surface area contributed by atoms with Gasteiger partial charge in [-0.15, -0.1) is 0 Å². The number of benzene rings is 1. The van der Waals surface area contributed by atoms with Crippen LogP contribution in [-0.4, -0.2) is 6.61 Å². The van der Waals surface area contributed by atoms with Gasteiger partial charge in [0.15, 0.2) is 11.6 Å². The molecule has 0 aliphatic heterocycles. The molecule has 0 saturated heterocycles. The highest BCUT2D eigenvalue weighted by atomic mass is 127. The van der Waals surface area contributed by atoms with Gasteiger partial charge in [-0.2, -0.15) is 0 Å². The minimum Gasteiger partial charge on any atom is -0.490 e. The molecule has 13 heavy (non-hydrogen) atoms. The maximum absolute atomic E-state index is 13.1. The molecule has 3 heteroatoms. The molecule has 0 aromatic heterocycles. The van der Waals surface area contributed by atoms with Crippen molar-refractivity contribution in [3.63, 3.8) is 0 Å². The Morgan fingerprint density at radius 3 is 2.92 bits per heavy atom. The first-order valence-corrected chi connectivity index (χ1v) is 5.41. The lowest BCUT2D eigenvalue weighted by atomic mass is 10.3. The molecule has 0 heterocycles. The lowest BCUT2D eigenvalue weighted by molar-refractivity contribution is 0.285. The zero-order valence-corrected chi connectivity index (χ0v) is 9.25. The first-order valence-electron chi connectivity index (χ1n) is 4.33. The summed E-state index contributed by atoms with van der Waals surface area (Å²) >= 11 is 2.15. The first-order chi connectivity index (χ1) is 6.25. The summed E-state index contributed by atoms with van der Waals surface area (Å²) in [5.74, 6) is 0.789. The van der Waals surface area contributed by atoms with Gasteiger partial charge in [0.05, 0.1) is 6.61 Å². The molecule has 0 unspecified atom stereocenters. The van der Waals surface area contributed by atoms with Crippen molar-refractivity contribution < 1.29 is 9.13 Å². The molecule has 0 radical (unpaired) electrons. The Morgan fingerprint density at radius 1 is 1.46 bits per heavy atom. The normalized spacial score (nSPS) is 15.8. The zero-order chi connectivity index (χ0) is 9.26. The van der Waals surface area contributed by atoms with Gasteiger partial charge in [-0.05, 0) is 59.5 Å². The predicted molar refractivity (Wildman–Crippen MR) is 57.3 cm³/mol. The molecule has 0 spiro atoms. The van der Waals surface area contributed by atoms with Crippen LogP contribution in [0.1, 0.15) is 12.8 Å². The van der Waals surface area contributed by atoms with Gasteiger partial charge >= 0.3 is 0 Å². The van der Waals surface area contributed by atoms with Crippen molar-refractivity contribution in [2.75, 3.05) is 6.61 Å². The molecular weight excluding hydrogens is 282 g/mol. The van der Waals surface area contributed by atoms with Crippen LogP contribution in [0, 0.1) is 15.3 Å². The molecule has 1 aromatic carbocycles. The van der Waals surface area contributed by atoms with E-state index in [0.29, 0.717) is 18.3 Å². The molecule has 1 saturated carbocycles. The standard InChI is InChI=1S/C10H10FIO/c11-9-4-3-8(12)5-10(9)13-6-7-1-2-7/h3-5,7H,1-2,6H2. The van der Waals surface area contributed by atoms with Gasteiger partial charge < -0.3 is 4.74 Å². The molecule has 70 valence electrons. The van der Waals surface area contributed by atoms with Crippen molar-refractivity contribution in [2.24, 2.45) is 5.92 Å². The van der Waals surface area contributed by atoms with Gasteiger partial charge in [-0.25, -0.2) is 4.39 Å². The average Bonchev–Trinajstić information content (AvgIpc) is 2.90. The number of hydrogen-bond donors (Lipinski definition) is 0. The summed E-state index contributed by atoms with van der Waals surface area (Å²) in [4.78, 5) is 0. The monoisotopic (exact) mass is 292 g/mol. The van der Waals surface area contributed by atoms with Crippen molar-refractivity contribution in [1.29, 1.82) is 0 Å². The van der Waals surface area contributed by atoms with Crippen LogP contribution in [0.15, 0.2) is 18.2 Å². The van der Waals surface area contributed by atoms with E-state index in [1.165, 1.54) is 18.9 Å². The second-order valence-corrected chi connectivity index (χ2v) is 4.57. The fourth-order valence-corrected chi connectivity index (χ4v) is 1.54. The van der Waals surface area contributed by atoms with Gasteiger partial charge in [0.2, 0.25) is 0 Å². The summed E-state index contributed by atoms with van der Waals surface area (Å²) in [5.41, 5.74) is 0. The maximum atomic E-state index is 13.1. The lowest BCUT2D eigenvalue weighted by Gasteiger charge is -2.06. The summed E-state index contributed by atoms with van der Waals surface area (Å²) in [7, 11) is 0. The molecule has 1 fully saturated rings. The van der Waals surface area contributed by atoms with Gasteiger partial charge in [-0.3, -0.25) is 0 Å². The fourth-order valence-electron chi connectivity index (χ4n) is 1.08. The van der Waals surface area contributed by atoms with Crippen LogP contribution in [-0.2, 0) is 0 Å². The van der Waals surface area contributed by atoms with Crippen LogP contribution >= 0.6 is 22.6 Å². The van der Waals surface area contributed by atoms with Crippen molar-refractivity contribution in [2.45, 2.75) is 12.8 Å². The molecule has 0 amide bonds. The molecule has 1 aliphatic carbocycles. The van der Waals surface area contributed by atoms with Crippen molar-refractivity contribution in [3.05, 3.63) is 27.6 Å². The Labute approximate surface area is 90.4 Å². The van der Waals surface area contributed by atoms with Crippen molar-refractivity contribution in [1.82, 2.24) is 0 Å². The molecule has 1 aliphatic rings. The molecule has 1 aromatic rings. The largest absolute Gasteiger partial charge is 0.490 e. The molecule has 0 atom stereocenters. The third-order valence-corrected chi connectivity index (χ3v) is 2.74. The molecule has 0 N–H and O–H groups in total. The number of hydrogen-bond acceptors (Lipinski definition) is 1. The van der Waals surface area contributed by atoms with Gasteiger partial charge in [0.1, 0.15) is 0 Å². The van der Waals surface area contributed by atoms with E-state index in [4.69, 9.17) is 4.74 Å². The van der Waals surface area contributed by atoms with E-state index < -0.39 is 0 Å². The predicted octanol–water partition coefficient (Wildman–Crippen LogP) is 3.22. The quantitative estimate of drug-likeness (QED) is 0.777. The van der Waals surface area contributed by atoms with E-state index in [1.54, 1.807) is 12.1 Å². The molecular formula is C10H10FIO. The highest BCUT2D eigenvalue weighted by molar-refractivity contribution is 14.1. The third kappa shape index (κ3) is 2.56. The lowest BCUT2D eigenvalue weighted by Crippen LogP contribution is -2.00. The van der Waals surface area contributed by atoms with E-state index >= 15 is 0 Å². The van der Waals surface area contributed by atoms with Crippen LogP contribution < -0.4 is 4.74 Å². The van der Waals surface area contributed by atoms with E-state index in [0.717, 1.165) is 3.57 Å². The first kappa shape index (κ1) is 9.24. The topological polar surface area (TPSA) is 9.23 Å². The molecule has 0 bridgehead atoms. The van der Waals surface area contributed by atoms with Crippen molar-refractivity contribution in [3.8, 4) is 5.75 Å². The summed E-state index contributed by atoms with van der Waals surface area (Å²) in [5, 5.41) is 0. The number of halogens is 2. The number of ether oxygens (including phenoxy) is 1. The van der Waals surface area contributed by atoms with Crippen LogP contribution in [0.3, 0.4) is 0 Å². The Balaban J connectivity index is 2.03. The molecule has 1 nitrogen and oxygen atoms in total. The van der Waals surface area contributed by atoms with E-state index in [-0.39, 0.29) is 5.82 Å². The minimum atomic E-state index is -0.263. The van der Waals surface area contributed by atoms with Crippen LogP contribution in [0.4, 0.5) is 4.39 Å². The van der Waals surface area contributed by atoms with E-state index in [9.17, 15) is 4.39 Å². The van der Waals surface area contributed by atoms with E-state index in [1.807, 2.05) is 0 Å². The van der Waals surface area contributed by atoms with Gasteiger partial charge in [0.25, 0.3) is 0 Å². The van der Waals surface area contributed by atoms with Gasteiger partial charge in [0, 0.05) is 3.57 Å². The number of rotatable bonds is 3. The average molecular weight is 292 g/mol. The fraction of sp³-hybridized carbons (Fsp3) is 0.400. The maximum Gasteiger partial charge on any atom is 0.165 e. The van der Waals surface area contributed by atoms with Crippen molar-refractivity contribution >= 4 is 22.6 Å². The summed E-state index contributed by atoms with van der Waals surface area (Å²) in [6.07, 6.45) is 2.46. The highest BCUT2D eigenvalue weighted by Gasteiger charge is 2.22. The third-order valence-electron chi connectivity index (χ3n) is 2.06. The van der Waals surface area contributed by atoms with Crippen LogP contribution in [0.5, 0.6) is 5.75 Å². The Morgan fingerprint density at radius 2 is 2.23 bits per heavy atom. The Bertz CT molecular complexity index is 310. The summed E-state index contributed by atoms with van der Waals surface area (Å²) in [6.45, 7) is 0.664. The smallest absolute Gasteiger partial charge is 0.165 e. The minimum absolute atomic E-state index is 0.263. The second kappa shape index (κ2) is 3.82. The zero-order valence-electron chi connectivity index (χ0n) is 7.09. The Hall–Kier alpha value is -0.320. The van der Waals surface area contributed by atoms with Crippen LogP contribution in [0.2, 0.25) is 0 Å². The summed E-state index contributed by atoms with van der Waals surface area (Å²) < 4.78 is 19.5. The molecule has 2 rings (SSSR count). The summed E-state index contributed by atoms with van der Waals surface area (Å²) in [6, 6.07) is 4.92. The SMILES string of the molecule is Fc1ccc(I)cc1OCC1CC1. The van der Waals surface area contributed by atoms with Crippen LogP contribution in [0.25, 0.3) is 0 Å². The van der Waals surface area contributed by atoms with Gasteiger partial charge in [-0.1, -0.05) is 0 Å². The second-order valence-electron chi connectivity index (χ2n) is 3.33. The Kier molecular flexibility index (Phi) is 2.71.